The molecule has 4 N–H and O–H groups in total. The van der Waals surface area contributed by atoms with Gasteiger partial charge in [-0.1, -0.05) is 111 Å². The molecule has 3 aromatic heterocycles. The van der Waals surface area contributed by atoms with Crippen molar-refractivity contribution in [3.8, 4) is 5.82 Å². The lowest BCUT2D eigenvalue weighted by molar-refractivity contribution is 0.482. The maximum absolute atomic E-state index is 5.17. The van der Waals surface area contributed by atoms with E-state index in [4.69, 9.17) is 9.97 Å². The lowest BCUT2D eigenvalue weighted by Crippen LogP contribution is -2.40. The van der Waals surface area contributed by atoms with E-state index in [1.807, 2.05) is 74.7 Å². The molecule has 0 spiro atoms. The molecule has 3 unspecified atom stereocenters. The first-order chi connectivity index (χ1) is 28.9. The fourth-order valence-corrected chi connectivity index (χ4v) is 7.27. The number of anilines is 2. The molecule has 0 saturated carbocycles. The van der Waals surface area contributed by atoms with Gasteiger partial charge in [0, 0.05) is 18.6 Å². The molecule has 0 bridgehead atoms. The minimum atomic E-state index is -0.0719. The van der Waals surface area contributed by atoms with Crippen LogP contribution in [-0.2, 0) is 0 Å². The predicted molar refractivity (Wildman–Crippen MR) is 252 cm³/mol. The van der Waals surface area contributed by atoms with E-state index in [-0.39, 0.29) is 18.2 Å². The molecule has 300 valence electrons. The van der Waals surface area contributed by atoms with E-state index < -0.39 is 0 Å². The number of allylic oxidation sites excluding steroid dienone is 7. The second-order valence-electron chi connectivity index (χ2n) is 14.2. The molecule has 59 heavy (non-hydrogen) atoms. The number of rotatable bonds is 17. The minimum Gasteiger partial charge on any atom is -0.377 e. The van der Waals surface area contributed by atoms with Crippen molar-refractivity contribution in [1.82, 2.24) is 25.2 Å². The molecular weight excluding hydrogens is 725 g/mol. The number of nitrogens with one attached hydrogen (secondary N) is 4. The van der Waals surface area contributed by atoms with Gasteiger partial charge >= 0.3 is 0 Å². The normalized spacial score (nSPS) is 16.8. The monoisotopic (exact) mass is 780 g/mol. The van der Waals surface area contributed by atoms with Crippen molar-refractivity contribution in [3.63, 3.8) is 0 Å². The molecule has 8 nitrogen and oxygen atoms in total. The van der Waals surface area contributed by atoms with Crippen LogP contribution in [0.3, 0.4) is 0 Å². The Kier molecular flexibility index (Phi) is 14.6. The molecule has 5 aromatic rings. The lowest BCUT2D eigenvalue weighted by Gasteiger charge is -2.29. The van der Waals surface area contributed by atoms with Gasteiger partial charge in [0.25, 0.3) is 0 Å². The summed E-state index contributed by atoms with van der Waals surface area (Å²) >= 11 is 0. The van der Waals surface area contributed by atoms with Gasteiger partial charge < -0.3 is 16.0 Å². The molecule has 0 fully saturated rings. The third-order valence-corrected chi connectivity index (χ3v) is 10.3. The van der Waals surface area contributed by atoms with Crippen molar-refractivity contribution in [2.45, 2.75) is 58.8 Å². The van der Waals surface area contributed by atoms with E-state index in [1.165, 1.54) is 10.9 Å². The van der Waals surface area contributed by atoms with Gasteiger partial charge in [-0.05, 0) is 105 Å². The summed E-state index contributed by atoms with van der Waals surface area (Å²) in [6.45, 7) is 16.7. The first kappa shape index (κ1) is 41.9. The van der Waals surface area contributed by atoms with Crippen LogP contribution in [0.5, 0.6) is 0 Å². The highest BCUT2D eigenvalue weighted by Gasteiger charge is 2.21. The van der Waals surface area contributed by atoms with E-state index in [0.29, 0.717) is 0 Å². The number of aromatic nitrogens is 3. The van der Waals surface area contributed by atoms with E-state index in [9.17, 15) is 0 Å². The maximum Gasteiger partial charge on any atom is 0.138 e. The summed E-state index contributed by atoms with van der Waals surface area (Å²) in [6.07, 6.45) is 25.9. The van der Waals surface area contributed by atoms with Crippen molar-refractivity contribution in [2.24, 2.45) is 4.99 Å². The third-order valence-electron chi connectivity index (χ3n) is 10.3. The molecule has 0 amide bonds. The summed E-state index contributed by atoms with van der Waals surface area (Å²) in [5, 5.41) is 15.8. The summed E-state index contributed by atoms with van der Waals surface area (Å²) < 4.78 is 2.22. The predicted octanol–water partition coefficient (Wildman–Crippen LogP) is 11.4. The van der Waals surface area contributed by atoms with Gasteiger partial charge in [-0.2, -0.15) is 0 Å². The average Bonchev–Trinajstić information content (AvgIpc) is 3.56. The molecular formula is C51H56N8. The minimum absolute atomic E-state index is 0.0162. The van der Waals surface area contributed by atoms with Crippen LogP contribution in [0.2, 0.25) is 0 Å². The standard InChI is InChI=1S/C51H56N8/c1-8-12-31-48-37(6)38-24-13-16-32-49(38)59(48)51-34-21-30-43(58-51)40(11-4)54-39(10-3)36(5)23-17-18-35-53-42-25-14-15-26-45(42)56-50-33-20-29-47(57-50)46-28-19-27-44(55-46)41(52-7)22-9-2/h8-9,11-28,30-35,39,47,50,53-54,56-57H,1,5,10,29H2,2-4,6-7H3/b22-9-,23-17-,31-12-,35-18+,40-11-,52-41?. The van der Waals surface area contributed by atoms with Gasteiger partial charge in [-0.15, -0.1) is 0 Å². The van der Waals surface area contributed by atoms with Gasteiger partial charge in [0.1, 0.15) is 5.82 Å². The molecule has 0 saturated heterocycles. The largest absolute Gasteiger partial charge is 0.377 e. The number of hydrogen-bond acceptors (Lipinski definition) is 7. The number of benzene rings is 2. The van der Waals surface area contributed by atoms with Crippen LogP contribution in [0.1, 0.15) is 68.0 Å². The number of hydrogen-bond donors (Lipinski definition) is 4. The van der Waals surface area contributed by atoms with Gasteiger partial charge in [0.2, 0.25) is 0 Å². The van der Waals surface area contributed by atoms with Crippen LogP contribution in [0, 0.1) is 6.92 Å². The Hall–Kier alpha value is -6.77. The zero-order valence-corrected chi connectivity index (χ0v) is 34.9. The Morgan fingerprint density at radius 3 is 2.49 bits per heavy atom. The molecule has 8 heteroatoms. The van der Waals surface area contributed by atoms with Gasteiger partial charge in [-0.3, -0.25) is 14.9 Å². The van der Waals surface area contributed by atoms with Crippen molar-refractivity contribution < 1.29 is 0 Å². The Bertz CT molecular complexity index is 2470. The fourth-order valence-electron chi connectivity index (χ4n) is 7.27. The molecule has 3 atom stereocenters. The first-order valence-corrected chi connectivity index (χ1v) is 20.3. The zero-order chi connectivity index (χ0) is 41.6. The summed E-state index contributed by atoms with van der Waals surface area (Å²) in [6, 6.07) is 29.0. The number of nitrogens with zero attached hydrogens (tertiary/aromatic N) is 4. The summed E-state index contributed by atoms with van der Waals surface area (Å²) in [5.74, 6) is 0.855. The average molecular weight is 781 g/mol. The second kappa shape index (κ2) is 20.6. The van der Waals surface area contributed by atoms with E-state index in [1.54, 1.807) is 13.1 Å². The third kappa shape index (κ3) is 10.2. The van der Waals surface area contributed by atoms with Gasteiger partial charge in [0.15, 0.2) is 0 Å². The van der Waals surface area contributed by atoms with Crippen LogP contribution in [0.4, 0.5) is 11.4 Å². The van der Waals surface area contributed by atoms with E-state index in [0.717, 1.165) is 75.3 Å². The lowest BCUT2D eigenvalue weighted by atomic mass is 10.0. The molecule has 6 rings (SSSR count). The van der Waals surface area contributed by atoms with Crippen molar-refractivity contribution in [1.29, 1.82) is 0 Å². The zero-order valence-electron chi connectivity index (χ0n) is 34.9. The SMILES string of the molecule is C=C/C=C\c1c(C)c2ccccc2n1-c1cccc(/C(=C/C)NC(CC)C(=C)/C=C\C=C\Nc2ccccc2NC2C=CCC(c3cccc(C(/C=C\C)=NC)n3)N2)n1. The van der Waals surface area contributed by atoms with Gasteiger partial charge in [0.05, 0.1) is 69.3 Å². The van der Waals surface area contributed by atoms with Crippen molar-refractivity contribution in [3.05, 3.63) is 199 Å². The summed E-state index contributed by atoms with van der Waals surface area (Å²) in [5.41, 5.74) is 10.9. The number of pyridine rings is 2. The molecule has 2 aromatic carbocycles. The Morgan fingerprint density at radius 2 is 1.71 bits per heavy atom. The first-order valence-electron chi connectivity index (χ1n) is 20.3. The number of aliphatic imine (C=N–C) groups is 1. The molecule has 1 aliphatic heterocycles. The number of para-hydroxylation sites is 3. The Morgan fingerprint density at radius 1 is 0.932 bits per heavy atom. The van der Waals surface area contributed by atoms with Crippen molar-refractivity contribution in [2.75, 3.05) is 17.7 Å². The number of fused-ring (bicyclic) bond motifs is 1. The maximum atomic E-state index is 5.17. The molecule has 4 heterocycles. The molecule has 1 aliphatic rings. The number of aryl methyl sites for hydroxylation is 1. The topological polar surface area (TPSA) is 91.2 Å². The van der Waals surface area contributed by atoms with Crippen LogP contribution >= 0.6 is 0 Å². The summed E-state index contributed by atoms with van der Waals surface area (Å²) in [4.78, 5) is 14.5. The smallest absolute Gasteiger partial charge is 0.138 e. The highest BCUT2D eigenvalue weighted by Crippen LogP contribution is 2.30. The summed E-state index contributed by atoms with van der Waals surface area (Å²) in [7, 11) is 1.80. The van der Waals surface area contributed by atoms with E-state index >= 15 is 0 Å². The Labute approximate surface area is 350 Å². The van der Waals surface area contributed by atoms with E-state index in [2.05, 4.69) is 149 Å². The van der Waals surface area contributed by atoms with Crippen LogP contribution < -0.4 is 21.3 Å². The van der Waals surface area contributed by atoms with Gasteiger partial charge in [-0.25, -0.2) is 9.97 Å². The Balaban J connectivity index is 1.08. The highest BCUT2D eigenvalue weighted by atomic mass is 15.2. The highest BCUT2D eigenvalue weighted by molar-refractivity contribution is 6.07. The van der Waals surface area contributed by atoms with Crippen LogP contribution in [0.15, 0.2) is 176 Å². The van der Waals surface area contributed by atoms with Crippen LogP contribution in [-0.4, -0.2) is 39.5 Å². The fraction of sp³-hybridized carbons (Fsp3) is 0.196. The molecule has 0 aliphatic carbocycles. The van der Waals surface area contributed by atoms with Crippen LogP contribution in [0.25, 0.3) is 28.5 Å². The molecule has 0 radical (unpaired) electrons. The van der Waals surface area contributed by atoms with Crippen molar-refractivity contribution >= 4 is 39.8 Å². The second-order valence-corrected chi connectivity index (χ2v) is 14.2. The quantitative estimate of drug-likeness (QED) is 0.0427.